The van der Waals surface area contributed by atoms with Crippen molar-refractivity contribution >= 4 is 28.1 Å². The smallest absolute Gasteiger partial charge is 0.240 e. The Morgan fingerprint density at radius 2 is 2.00 bits per heavy atom. The topological polar surface area (TPSA) is 50.7 Å². The van der Waals surface area contributed by atoms with Gasteiger partial charge in [0.1, 0.15) is 5.75 Å². The van der Waals surface area contributed by atoms with Gasteiger partial charge in [-0.1, -0.05) is 55.0 Å². The van der Waals surface area contributed by atoms with Crippen LogP contribution in [0.15, 0.2) is 27.8 Å². The normalized spacial score (nSPS) is 10.9. The average Bonchev–Trinajstić information content (AvgIpc) is 2.52. The fourth-order valence-electron chi connectivity index (χ4n) is 2.04. The highest BCUT2D eigenvalue weighted by atomic mass is 79.9. The van der Waals surface area contributed by atoms with Crippen LogP contribution in [0.3, 0.4) is 0 Å². The zero-order valence-corrected chi connectivity index (χ0v) is 15.0. The molecule has 0 saturated carbocycles. The highest BCUT2D eigenvalue weighted by Gasteiger charge is 2.01. The molecule has 0 bridgehead atoms. The molecular weight excluding hydrogens is 344 g/mol. The summed E-state index contributed by atoms with van der Waals surface area (Å²) in [5.41, 5.74) is 3.43. The van der Waals surface area contributed by atoms with Crippen molar-refractivity contribution in [3.8, 4) is 5.75 Å². The number of hydrogen-bond acceptors (Lipinski definition) is 3. The fraction of sp³-hybridized carbons (Fsp3) is 0.529. The molecule has 22 heavy (non-hydrogen) atoms. The molecule has 0 aromatic heterocycles. The van der Waals surface area contributed by atoms with Crippen molar-refractivity contribution < 1.29 is 9.53 Å². The third kappa shape index (κ3) is 7.59. The van der Waals surface area contributed by atoms with E-state index >= 15 is 0 Å². The molecule has 0 atom stereocenters. The number of carbonyl (C=O) groups is 1. The molecule has 0 spiro atoms. The number of carbonyl (C=O) groups excluding carboxylic acids is 1. The summed E-state index contributed by atoms with van der Waals surface area (Å²) in [5.74, 6) is 0.716. The molecule has 0 aliphatic carbocycles. The number of unbranched alkanes of at least 4 members (excludes halogenated alkanes) is 5. The number of hydrazone groups is 1. The first-order valence-corrected chi connectivity index (χ1v) is 8.62. The molecule has 1 aromatic rings. The van der Waals surface area contributed by atoms with E-state index in [0.29, 0.717) is 6.42 Å². The van der Waals surface area contributed by atoms with Crippen molar-refractivity contribution in [2.45, 2.75) is 51.9 Å². The summed E-state index contributed by atoms with van der Waals surface area (Å²) < 4.78 is 6.07. The molecule has 1 N–H and O–H groups in total. The number of methoxy groups -OCH3 is 1. The quantitative estimate of drug-likeness (QED) is 0.371. The van der Waals surface area contributed by atoms with Crippen molar-refractivity contribution in [1.82, 2.24) is 5.43 Å². The predicted octanol–water partition coefficient (Wildman–Crippen LogP) is 4.66. The lowest BCUT2D eigenvalue weighted by molar-refractivity contribution is -0.121. The Bertz CT molecular complexity index is 490. The van der Waals surface area contributed by atoms with E-state index < -0.39 is 0 Å². The standard InChI is InChI=1S/C17H25BrN2O2/c1-3-4-5-6-7-8-9-17(21)20-19-13-14-12-15(22-2)10-11-16(14)18/h10-13H,3-9H2,1-2H3,(H,20,21)/b19-13-. The van der Waals surface area contributed by atoms with Gasteiger partial charge in [0.2, 0.25) is 5.91 Å². The maximum Gasteiger partial charge on any atom is 0.240 e. The second-order valence-electron chi connectivity index (χ2n) is 5.20. The number of nitrogens with zero attached hydrogens (tertiary/aromatic N) is 1. The van der Waals surface area contributed by atoms with Gasteiger partial charge >= 0.3 is 0 Å². The first kappa shape index (κ1) is 18.7. The zero-order chi connectivity index (χ0) is 16.2. The zero-order valence-electron chi connectivity index (χ0n) is 13.4. The Morgan fingerprint density at radius 1 is 1.27 bits per heavy atom. The number of hydrogen-bond donors (Lipinski definition) is 1. The molecule has 0 radical (unpaired) electrons. The lowest BCUT2D eigenvalue weighted by Gasteiger charge is -2.03. The van der Waals surface area contributed by atoms with E-state index in [9.17, 15) is 4.79 Å². The van der Waals surface area contributed by atoms with Crippen molar-refractivity contribution in [1.29, 1.82) is 0 Å². The van der Waals surface area contributed by atoms with Crippen LogP contribution >= 0.6 is 15.9 Å². The van der Waals surface area contributed by atoms with Gasteiger partial charge in [0.25, 0.3) is 0 Å². The first-order valence-electron chi connectivity index (χ1n) is 7.82. The molecule has 5 heteroatoms. The van der Waals surface area contributed by atoms with Gasteiger partial charge in [-0.05, 0) is 24.6 Å². The summed E-state index contributed by atoms with van der Waals surface area (Å²) in [6.07, 6.45) is 9.18. The van der Waals surface area contributed by atoms with Crippen LogP contribution in [0.2, 0.25) is 0 Å². The predicted molar refractivity (Wildman–Crippen MR) is 94.4 cm³/mol. The third-order valence-corrected chi connectivity index (χ3v) is 4.08. The maximum atomic E-state index is 11.7. The largest absolute Gasteiger partial charge is 0.497 e. The average molecular weight is 369 g/mol. The second-order valence-corrected chi connectivity index (χ2v) is 6.05. The van der Waals surface area contributed by atoms with Gasteiger partial charge in [0.15, 0.2) is 0 Å². The summed E-state index contributed by atoms with van der Waals surface area (Å²) in [6.45, 7) is 2.20. The van der Waals surface area contributed by atoms with Gasteiger partial charge in [-0.25, -0.2) is 5.43 Å². The van der Waals surface area contributed by atoms with E-state index in [1.165, 1.54) is 25.7 Å². The Balaban J connectivity index is 2.28. The summed E-state index contributed by atoms with van der Waals surface area (Å²) >= 11 is 3.44. The van der Waals surface area contributed by atoms with E-state index in [-0.39, 0.29) is 5.91 Å². The molecule has 122 valence electrons. The van der Waals surface area contributed by atoms with Gasteiger partial charge < -0.3 is 4.74 Å². The SMILES string of the molecule is CCCCCCCCC(=O)N/N=C\c1cc(OC)ccc1Br. The Labute approximate surface area is 141 Å². The summed E-state index contributed by atoms with van der Waals surface area (Å²) in [4.78, 5) is 11.7. The molecule has 1 aromatic carbocycles. The molecule has 0 saturated heterocycles. The maximum absolute atomic E-state index is 11.7. The van der Waals surface area contributed by atoms with Crippen LogP contribution in [-0.2, 0) is 4.79 Å². The van der Waals surface area contributed by atoms with Crippen LogP contribution < -0.4 is 10.2 Å². The Morgan fingerprint density at radius 3 is 2.73 bits per heavy atom. The fourth-order valence-corrected chi connectivity index (χ4v) is 2.39. The summed E-state index contributed by atoms with van der Waals surface area (Å²) in [7, 11) is 1.62. The molecule has 0 heterocycles. The summed E-state index contributed by atoms with van der Waals surface area (Å²) in [6, 6.07) is 5.60. The summed E-state index contributed by atoms with van der Waals surface area (Å²) in [5, 5.41) is 4.00. The highest BCUT2D eigenvalue weighted by Crippen LogP contribution is 2.20. The van der Waals surface area contributed by atoms with E-state index in [4.69, 9.17) is 4.74 Å². The highest BCUT2D eigenvalue weighted by molar-refractivity contribution is 9.10. The molecule has 0 aliphatic rings. The lowest BCUT2D eigenvalue weighted by atomic mass is 10.1. The van der Waals surface area contributed by atoms with Crippen LogP contribution in [0, 0.1) is 0 Å². The van der Waals surface area contributed by atoms with Crippen LogP contribution in [0.4, 0.5) is 0 Å². The minimum absolute atomic E-state index is 0.0363. The second kappa shape index (κ2) is 11.2. The molecule has 0 aliphatic heterocycles. The molecule has 1 amide bonds. The van der Waals surface area contributed by atoms with E-state index in [1.54, 1.807) is 13.3 Å². The Kier molecular flexibility index (Phi) is 9.55. The van der Waals surface area contributed by atoms with Gasteiger partial charge in [0.05, 0.1) is 13.3 Å². The number of halogens is 1. The van der Waals surface area contributed by atoms with E-state index in [1.807, 2.05) is 18.2 Å². The van der Waals surface area contributed by atoms with Crippen LogP contribution in [0.25, 0.3) is 0 Å². The number of amides is 1. The van der Waals surface area contributed by atoms with Crippen molar-refractivity contribution in [2.75, 3.05) is 7.11 Å². The first-order chi connectivity index (χ1) is 10.7. The van der Waals surface area contributed by atoms with Crippen molar-refractivity contribution in [2.24, 2.45) is 5.10 Å². The third-order valence-electron chi connectivity index (χ3n) is 3.35. The molecule has 0 unspecified atom stereocenters. The number of rotatable bonds is 10. The van der Waals surface area contributed by atoms with Gasteiger partial charge in [-0.3, -0.25) is 4.79 Å². The number of nitrogens with one attached hydrogen (secondary N) is 1. The van der Waals surface area contributed by atoms with E-state index in [0.717, 1.165) is 28.6 Å². The molecule has 1 rings (SSSR count). The molecular formula is C17H25BrN2O2. The van der Waals surface area contributed by atoms with Crippen molar-refractivity contribution in [3.05, 3.63) is 28.2 Å². The number of ether oxygens (including phenoxy) is 1. The minimum atomic E-state index is -0.0363. The van der Waals surface area contributed by atoms with Crippen LogP contribution in [0.5, 0.6) is 5.75 Å². The van der Waals surface area contributed by atoms with Crippen LogP contribution in [-0.4, -0.2) is 19.2 Å². The molecule has 4 nitrogen and oxygen atoms in total. The van der Waals surface area contributed by atoms with Gasteiger partial charge in [0, 0.05) is 16.5 Å². The van der Waals surface area contributed by atoms with E-state index in [2.05, 4.69) is 33.4 Å². The van der Waals surface area contributed by atoms with Crippen molar-refractivity contribution in [3.63, 3.8) is 0 Å². The van der Waals surface area contributed by atoms with Gasteiger partial charge in [-0.2, -0.15) is 5.10 Å². The monoisotopic (exact) mass is 368 g/mol. The molecule has 0 fully saturated rings. The van der Waals surface area contributed by atoms with Gasteiger partial charge in [-0.15, -0.1) is 0 Å². The Hall–Kier alpha value is -1.36. The minimum Gasteiger partial charge on any atom is -0.497 e. The lowest BCUT2D eigenvalue weighted by Crippen LogP contribution is -2.16. The van der Waals surface area contributed by atoms with Crippen LogP contribution in [0.1, 0.15) is 57.4 Å². The number of benzene rings is 1.